The Morgan fingerprint density at radius 1 is 0.977 bits per heavy atom. The fraction of sp³-hybridized carbons (Fsp3) is 0.368. The first-order valence-corrected chi connectivity index (χ1v) is 15.8. The molecule has 43 heavy (non-hydrogen) atoms. The number of rotatable bonds is 11. The quantitative estimate of drug-likeness (QED) is 0.189. The van der Waals surface area contributed by atoms with Crippen LogP contribution in [0.3, 0.4) is 0 Å². The van der Waals surface area contributed by atoms with E-state index in [1.165, 1.54) is 28.2 Å². The van der Waals surface area contributed by atoms with E-state index < -0.39 is 6.10 Å². The van der Waals surface area contributed by atoms with Gasteiger partial charge in [0.05, 0.1) is 6.10 Å². The van der Waals surface area contributed by atoms with E-state index in [2.05, 4.69) is 37.3 Å². The molecule has 4 aromatic rings. The number of ether oxygens (including phenoxy) is 1. The van der Waals surface area contributed by atoms with E-state index in [1.807, 2.05) is 48.5 Å². The number of para-hydroxylation sites is 1. The molecule has 1 spiro atoms. The molecule has 0 bridgehead atoms. The van der Waals surface area contributed by atoms with Crippen LogP contribution in [0.1, 0.15) is 84.8 Å². The number of Topliss-reactive ketones (excluding diaryl/α,β-unsaturated/α-hetero) is 1. The highest BCUT2D eigenvalue weighted by molar-refractivity contribution is 5.96. The number of pyridine rings is 1. The van der Waals surface area contributed by atoms with Crippen LogP contribution in [-0.4, -0.2) is 27.2 Å². The minimum absolute atomic E-state index is 0.0579. The molecule has 1 saturated carbocycles. The summed E-state index contributed by atoms with van der Waals surface area (Å²) < 4.78 is 8.05. The van der Waals surface area contributed by atoms with Crippen LogP contribution in [0.25, 0.3) is 5.69 Å². The molecular formula is C38H41NO4. The molecule has 5 heteroatoms. The first-order valence-electron chi connectivity index (χ1n) is 15.8. The first kappa shape index (κ1) is 29.1. The molecule has 0 unspecified atom stereocenters. The van der Waals surface area contributed by atoms with Crippen molar-refractivity contribution in [2.75, 3.05) is 0 Å². The van der Waals surface area contributed by atoms with Crippen LogP contribution >= 0.6 is 0 Å². The van der Waals surface area contributed by atoms with Gasteiger partial charge in [-0.25, -0.2) is 0 Å². The number of aliphatic hydroxyl groups excluding tert-OH is 1. The van der Waals surface area contributed by atoms with Crippen molar-refractivity contribution in [2.24, 2.45) is 5.92 Å². The second-order valence-electron chi connectivity index (χ2n) is 12.4. The maximum absolute atomic E-state index is 13.7. The average molecular weight is 576 g/mol. The molecule has 1 aliphatic carbocycles. The van der Waals surface area contributed by atoms with Gasteiger partial charge >= 0.3 is 0 Å². The van der Waals surface area contributed by atoms with Gasteiger partial charge in [-0.3, -0.25) is 14.2 Å². The number of ketones is 1. The summed E-state index contributed by atoms with van der Waals surface area (Å²) in [6, 6.07) is 29.1. The Bertz CT molecular complexity index is 1610. The van der Waals surface area contributed by atoms with Crippen molar-refractivity contribution in [1.29, 1.82) is 0 Å². The molecule has 0 amide bonds. The summed E-state index contributed by atoms with van der Waals surface area (Å²) in [5, 5.41) is 11.7. The molecule has 1 aliphatic heterocycles. The second kappa shape index (κ2) is 12.7. The van der Waals surface area contributed by atoms with Gasteiger partial charge in [-0.15, -0.1) is 0 Å². The monoisotopic (exact) mass is 575 g/mol. The van der Waals surface area contributed by atoms with Crippen LogP contribution in [0.5, 0.6) is 5.75 Å². The number of nitrogens with zero attached hydrogens (tertiary/aromatic N) is 1. The summed E-state index contributed by atoms with van der Waals surface area (Å²) in [6.45, 7) is 2.18. The Labute approximate surface area is 254 Å². The van der Waals surface area contributed by atoms with E-state index in [-0.39, 0.29) is 29.3 Å². The Kier molecular flexibility index (Phi) is 8.62. The van der Waals surface area contributed by atoms with Crippen LogP contribution in [0.4, 0.5) is 0 Å². The summed E-state index contributed by atoms with van der Waals surface area (Å²) in [4.78, 5) is 26.3. The molecule has 1 fully saturated rings. The molecule has 2 heterocycles. The number of hydrogen-bond acceptors (Lipinski definition) is 4. The molecular weight excluding hydrogens is 534 g/mol. The lowest BCUT2D eigenvalue weighted by atomic mass is 9.69. The van der Waals surface area contributed by atoms with Crippen molar-refractivity contribution in [3.05, 3.63) is 130 Å². The Hall–Kier alpha value is -3.96. The van der Waals surface area contributed by atoms with Crippen molar-refractivity contribution >= 4 is 5.78 Å². The lowest BCUT2D eigenvalue weighted by Gasteiger charge is -2.48. The Morgan fingerprint density at radius 2 is 1.72 bits per heavy atom. The van der Waals surface area contributed by atoms with Crippen molar-refractivity contribution in [1.82, 2.24) is 4.57 Å². The van der Waals surface area contributed by atoms with E-state index in [0.29, 0.717) is 24.3 Å². The number of hydrogen-bond donors (Lipinski definition) is 1. The van der Waals surface area contributed by atoms with Crippen molar-refractivity contribution in [3.8, 4) is 11.4 Å². The number of benzene rings is 3. The maximum atomic E-state index is 13.7. The van der Waals surface area contributed by atoms with E-state index in [9.17, 15) is 14.7 Å². The van der Waals surface area contributed by atoms with Gasteiger partial charge in [-0.2, -0.15) is 0 Å². The van der Waals surface area contributed by atoms with Gasteiger partial charge in [0.1, 0.15) is 11.4 Å². The van der Waals surface area contributed by atoms with Crippen LogP contribution in [0, 0.1) is 5.92 Å². The molecule has 2 aliphatic rings. The fourth-order valence-electron chi connectivity index (χ4n) is 6.87. The second-order valence-corrected chi connectivity index (χ2v) is 12.4. The minimum atomic E-state index is -0.637. The zero-order chi connectivity index (χ0) is 29.8. The normalized spacial score (nSPS) is 18.2. The SMILES string of the molecule is CCc1ccc2c(c1)[C@@H](CC[C@@H](O)[C@@H](CC(=O)c1ccc(=O)n(-c3ccccc3)c1)Cc1ccccc1)CC1(CCC1)O2. The number of carbonyl (C=O) groups excluding carboxylic acids is 1. The lowest BCUT2D eigenvalue weighted by Crippen LogP contribution is -2.47. The highest BCUT2D eigenvalue weighted by atomic mass is 16.5. The predicted molar refractivity (Wildman–Crippen MR) is 170 cm³/mol. The van der Waals surface area contributed by atoms with Crippen LogP contribution in [0.15, 0.2) is 102 Å². The molecule has 1 aromatic heterocycles. The summed E-state index contributed by atoms with van der Waals surface area (Å²) >= 11 is 0. The van der Waals surface area contributed by atoms with Crippen LogP contribution in [0.2, 0.25) is 0 Å². The molecule has 3 atom stereocenters. The third kappa shape index (κ3) is 6.52. The Balaban J connectivity index is 1.21. The molecule has 0 saturated heterocycles. The molecule has 6 rings (SSSR count). The zero-order valence-electron chi connectivity index (χ0n) is 25.0. The standard InChI is InChI=1S/C38H41NO4/c1-2-27-14-18-36-33(23-27)29(25-38(43-36)20-9-21-38)15-17-34(40)31(22-28-10-5-3-6-11-28)24-35(41)30-16-19-37(42)39(26-30)32-12-7-4-8-13-32/h3-8,10-14,16,18-19,23,26,29,31,34,40H,2,9,15,17,20-22,24-25H2,1H3/t29-,31+,34+/m0/s1. The highest BCUT2D eigenvalue weighted by Crippen LogP contribution is 2.51. The van der Waals surface area contributed by atoms with Crippen molar-refractivity contribution < 1.29 is 14.6 Å². The number of fused-ring (bicyclic) bond motifs is 1. The molecule has 222 valence electrons. The van der Waals surface area contributed by atoms with Gasteiger partial charge in [-0.1, -0.05) is 67.6 Å². The number of carbonyl (C=O) groups is 1. The predicted octanol–water partition coefficient (Wildman–Crippen LogP) is 7.46. The summed E-state index contributed by atoms with van der Waals surface area (Å²) in [5.74, 6) is 1.02. The van der Waals surface area contributed by atoms with Gasteiger partial charge < -0.3 is 9.84 Å². The average Bonchev–Trinajstić information content (AvgIpc) is 3.03. The van der Waals surface area contributed by atoms with Gasteiger partial charge in [0, 0.05) is 29.9 Å². The van der Waals surface area contributed by atoms with Gasteiger partial charge in [0.2, 0.25) is 0 Å². The molecule has 0 radical (unpaired) electrons. The smallest absolute Gasteiger partial charge is 0.255 e. The lowest BCUT2D eigenvalue weighted by molar-refractivity contribution is -0.0359. The third-order valence-electron chi connectivity index (χ3n) is 9.54. The van der Waals surface area contributed by atoms with E-state index in [0.717, 1.165) is 49.1 Å². The van der Waals surface area contributed by atoms with Gasteiger partial charge in [0.25, 0.3) is 5.56 Å². The zero-order valence-corrected chi connectivity index (χ0v) is 25.0. The maximum Gasteiger partial charge on any atom is 0.255 e. The van der Waals surface area contributed by atoms with Crippen LogP contribution < -0.4 is 10.3 Å². The van der Waals surface area contributed by atoms with Crippen LogP contribution in [-0.2, 0) is 12.8 Å². The molecule has 5 nitrogen and oxygen atoms in total. The summed E-state index contributed by atoms with van der Waals surface area (Å²) in [5.41, 5.74) is 4.63. The number of aromatic nitrogens is 1. The van der Waals surface area contributed by atoms with E-state index in [1.54, 1.807) is 12.3 Å². The van der Waals surface area contributed by atoms with Crippen molar-refractivity contribution in [3.63, 3.8) is 0 Å². The molecule has 1 N–H and O–H groups in total. The topological polar surface area (TPSA) is 68.5 Å². The first-order chi connectivity index (χ1) is 20.9. The largest absolute Gasteiger partial charge is 0.487 e. The number of aliphatic hydroxyl groups is 1. The van der Waals surface area contributed by atoms with Crippen molar-refractivity contribution in [2.45, 2.75) is 82.3 Å². The highest BCUT2D eigenvalue weighted by Gasteiger charge is 2.45. The molecule has 3 aromatic carbocycles. The minimum Gasteiger partial charge on any atom is -0.487 e. The van der Waals surface area contributed by atoms with Gasteiger partial charge in [0.15, 0.2) is 5.78 Å². The summed E-state index contributed by atoms with van der Waals surface area (Å²) in [7, 11) is 0. The summed E-state index contributed by atoms with van der Waals surface area (Å²) in [6.07, 6.45) is 8.64. The Morgan fingerprint density at radius 3 is 2.42 bits per heavy atom. The fourth-order valence-corrected chi connectivity index (χ4v) is 6.87. The van der Waals surface area contributed by atoms with Gasteiger partial charge in [-0.05, 0) is 104 Å². The van der Waals surface area contributed by atoms with E-state index in [4.69, 9.17) is 4.74 Å². The third-order valence-corrected chi connectivity index (χ3v) is 9.54. The number of aryl methyl sites for hydroxylation is 1. The van der Waals surface area contributed by atoms with E-state index >= 15 is 0 Å².